The van der Waals surface area contributed by atoms with Gasteiger partial charge in [0, 0.05) is 25.1 Å². The summed E-state index contributed by atoms with van der Waals surface area (Å²) in [6, 6.07) is 8.48. The molecule has 1 aliphatic heterocycles. The second-order valence-corrected chi connectivity index (χ2v) is 4.24. The number of carboxylic acid groups (broad SMARTS) is 1. The van der Waals surface area contributed by atoms with E-state index in [1.165, 1.54) is 23.3 Å². The maximum atomic E-state index is 10.9. The number of carboxylic acids is 1. The Hall–Kier alpha value is -2.43. The van der Waals surface area contributed by atoms with Crippen LogP contribution in [0.2, 0.25) is 0 Å². The van der Waals surface area contributed by atoms with Crippen LogP contribution in [-0.2, 0) is 14.4 Å². The van der Waals surface area contributed by atoms with Crippen LogP contribution in [-0.4, -0.2) is 34.3 Å². The highest BCUT2D eigenvalue weighted by Crippen LogP contribution is 2.29. The lowest BCUT2D eigenvalue weighted by Crippen LogP contribution is -2.31. The Balaban J connectivity index is 0.000000180. The first-order valence-corrected chi connectivity index (χ1v) is 5.94. The van der Waals surface area contributed by atoms with Gasteiger partial charge in [0.25, 0.3) is 11.8 Å². The summed E-state index contributed by atoms with van der Waals surface area (Å²) < 4.78 is 0. The molecule has 0 aromatic heterocycles. The molecule has 1 N–H and O–H groups in total. The lowest BCUT2D eigenvalue weighted by molar-refractivity contribution is -0.140. The van der Waals surface area contributed by atoms with Crippen LogP contribution in [0.3, 0.4) is 0 Å². The molecule has 0 saturated carbocycles. The van der Waals surface area contributed by atoms with Gasteiger partial charge in [-0.25, -0.2) is 0 Å². The summed E-state index contributed by atoms with van der Waals surface area (Å²) in [6.07, 6.45) is 2.64. The van der Waals surface area contributed by atoms with Crippen LogP contribution in [0.5, 0.6) is 0 Å². The molecule has 1 heterocycles. The first kappa shape index (κ1) is 13.0. The summed E-state index contributed by atoms with van der Waals surface area (Å²) >= 11 is 0. The van der Waals surface area contributed by atoms with Crippen LogP contribution in [0.25, 0.3) is 11.1 Å². The quantitative estimate of drug-likeness (QED) is 0.843. The molecule has 0 aromatic carbocycles. The molecule has 0 radical (unpaired) electrons. The van der Waals surface area contributed by atoms with E-state index in [1.807, 2.05) is 0 Å². The average molecular weight is 259 g/mol. The minimum atomic E-state index is -0.924. The molecule has 2 amide bonds. The summed E-state index contributed by atoms with van der Waals surface area (Å²) in [7, 11) is 0. The Labute approximate surface area is 110 Å². The minimum absolute atomic E-state index is 0.0307. The number of hydrogen-bond donors (Lipinski definition) is 1. The predicted octanol–water partition coefficient (Wildman–Crippen LogP) is 1.44. The van der Waals surface area contributed by atoms with Crippen molar-refractivity contribution in [1.29, 1.82) is 0 Å². The molecular formula is C14H13NO4. The van der Waals surface area contributed by atoms with Crippen LogP contribution >= 0.6 is 0 Å². The number of carbonyl (C=O) groups excluding carboxylic acids is 2. The van der Waals surface area contributed by atoms with Crippen molar-refractivity contribution >= 4 is 17.8 Å². The van der Waals surface area contributed by atoms with E-state index in [1.54, 1.807) is 0 Å². The molecule has 3 aliphatic rings. The Bertz CT molecular complexity index is 506. The molecule has 0 fully saturated rings. The number of fused-ring (bicyclic) bond motifs is 1. The van der Waals surface area contributed by atoms with Crippen molar-refractivity contribution in [3.05, 3.63) is 36.4 Å². The smallest absolute Gasteiger partial charge is 0.303 e. The molecule has 0 atom stereocenters. The largest absolute Gasteiger partial charge is 0.481 e. The van der Waals surface area contributed by atoms with Gasteiger partial charge in [-0.05, 0) is 17.5 Å². The van der Waals surface area contributed by atoms with Gasteiger partial charge >= 0.3 is 5.97 Å². The lowest BCUT2D eigenvalue weighted by atomic mass is 9.95. The van der Waals surface area contributed by atoms with Crippen LogP contribution in [0.4, 0.5) is 0 Å². The number of hydrogen-bond acceptors (Lipinski definition) is 3. The van der Waals surface area contributed by atoms with Crippen LogP contribution in [0.15, 0.2) is 36.4 Å². The van der Waals surface area contributed by atoms with E-state index in [0.717, 1.165) is 4.90 Å². The maximum absolute atomic E-state index is 10.9. The van der Waals surface area contributed by atoms with Gasteiger partial charge in [0.15, 0.2) is 0 Å². The van der Waals surface area contributed by atoms with Crippen LogP contribution in [0.1, 0.15) is 12.8 Å². The molecule has 0 saturated heterocycles. The van der Waals surface area contributed by atoms with E-state index in [-0.39, 0.29) is 24.8 Å². The molecule has 5 heteroatoms. The third-order valence-electron chi connectivity index (χ3n) is 2.89. The number of rotatable bonds is 4. The molecule has 0 spiro atoms. The Kier molecular flexibility index (Phi) is 3.75. The van der Waals surface area contributed by atoms with Crippen molar-refractivity contribution in [3.8, 4) is 11.1 Å². The summed E-state index contributed by atoms with van der Waals surface area (Å²) in [5, 5.41) is 8.32. The Morgan fingerprint density at radius 1 is 1.00 bits per heavy atom. The monoisotopic (exact) mass is 259 g/mol. The van der Waals surface area contributed by atoms with Crippen LogP contribution in [0, 0.1) is 0 Å². The molecule has 5 nitrogen and oxygen atoms in total. The maximum Gasteiger partial charge on any atom is 0.303 e. The Morgan fingerprint density at radius 2 is 1.47 bits per heavy atom. The van der Waals surface area contributed by atoms with Gasteiger partial charge in [0.2, 0.25) is 0 Å². The SMILES string of the molecule is O=C(O)CCCN1C(=O)C=CC1=O.c1cc2ccc1-2. The number of carbonyl (C=O) groups is 3. The zero-order valence-electron chi connectivity index (χ0n) is 10.2. The molecule has 98 valence electrons. The predicted molar refractivity (Wildman–Crippen MR) is 68.2 cm³/mol. The minimum Gasteiger partial charge on any atom is -0.481 e. The lowest BCUT2D eigenvalue weighted by Gasteiger charge is -2.11. The third-order valence-corrected chi connectivity index (χ3v) is 2.89. The highest BCUT2D eigenvalue weighted by atomic mass is 16.4. The number of benzene rings is 1. The molecule has 3 rings (SSSR count). The molecule has 0 unspecified atom stereocenters. The molecule has 19 heavy (non-hydrogen) atoms. The summed E-state index contributed by atoms with van der Waals surface area (Å²) in [5.41, 5.74) is 2.85. The van der Waals surface area contributed by atoms with Gasteiger partial charge < -0.3 is 5.11 Å². The van der Waals surface area contributed by atoms with E-state index in [4.69, 9.17) is 5.11 Å². The number of imide groups is 1. The average Bonchev–Trinajstić information content (AvgIpc) is 2.65. The van der Waals surface area contributed by atoms with Crippen LogP contribution < -0.4 is 0 Å². The number of aliphatic carboxylic acids is 1. The van der Waals surface area contributed by atoms with E-state index in [0.29, 0.717) is 6.42 Å². The zero-order valence-corrected chi connectivity index (χ0v) is 10.2. The first-order chi connectivity index (χ1) is 9.08. The second-order valence-electron chi connectivity index (χ2n) is 4.24. The van der Waals surface area contributed by atoms with E-state index >= 15 is 0 Å². The first-order valence-electron chi connectivity index (χ1n) is 5.94. The van der Waals surface area contributed by atoms with E-state index in [2.05, 4.69) is 24.3 Å². The second kappa shape index (κ2) is 5.48. The molecule has 0 bridgehead atoms. The fourth-order valence-corrected chi connectivity index (χ4v) is 1.70. The summed E-state index contributed by atoms with van der Waals surface area (Å²) in [5.74, 6) is -1.65. The van der Waals surface area contributed by atoms with Crippen molar-refractivity contribution in [2.45, 2.75) is 12.8 Å². The van der Waals surface area contributed by atoms with E-state index in [9.17, 15) is 14.4 Å². The van der Waals surface area contributed by atoms with Crippen molar-refractivity contribution < 1.29 is 19.5 Å². The number of nitrogens with zero attached hydrogens (tertiary/aromatic N) is 1. The fraction of sp³-hybridized carbons (Fsp3) is 0.214. The highest BCUT2D eigenvalue weighted by Gasteiger charge is 2.22. The van der Waals surface area contributed by atoms with Gasteiger partial charge in [-0.1, -0.05) is 24.3 Å². The van der Waals surface area contributed by atoms with Gasteiger partial charge in [-0.15, -0.1) is 0 Å². The van der Waals surface area contributed by atoms with Crippen molar-refractivity contribution in [2.24, 2.45) is 0 Å². The van der Waals surface area contributed by atoms with Gasteiger partial charge in [-0.3, -0.25) is 19.3 Å². The molecule has 2 aliphatic carbocycles. The van der Waals surface area contributed by atoms with Crippen molar-refractivity contribution in [1.82, 2.24) is 4.90 Å². The Morgan fingerprint density at radius 3 is 1.79 bits per heavy atom. The van der Waals surface area contributed by atoms with Gasteiger partial charge in [0.1, 0.15) is 0 Å². The third kappa shape index (κ3) is 3.07. The summed E-state index contributed by atoms with van der Waals surface area (Å²) in [6.45, 7) is 0.178. The fourth-order valence-electron chi connectivity index (χ4n) is 1.70. The topological polar surface area (TPSA) is 74.7 Å². The van der Waals surface area contributed by atoms with Crippen molar-refractivity contribution in [2.75, 3.05) is 6.54 Å². The normalized spacial score (nSPS) is 14.2. The zero-order chi connectivity index (χ0) is 13.8. The van der Waals surface area contributed by atoms with Gasteiger partial charge in [-0.2, -0.15) is 0 Å². The summed E-state index contributed by atoms with van der Waals surface area (Å²) in [4.78, 5) is 33.0. The highest BCUT2D eigenvalue weighted by molar-refractivity contribution is 6.12. The van der Waals surface area contributed by atoms with Gasteiger partial charge in [0.05, 0.1) is 0 Å². The standard InChI is InChI=1S/C8H9NO4.C6H4/c10-6-3-4-7(11)9(6)5-1-2-8(12)13;1-2-6-4-3-5(1)6/h3-4H,1-2,5H2,(H,12,13);1-4H. The van der Waals surface area contributed by atoms with E-state index < -0.39 is 5.97 Å². The van der Waals surface area contributed by atoms with Crippen molar-refractivity contribution in [3.63, 3.8) is 0 Å². The molecular weight excluding hydrogens is 246 g/mol. The number of amides is 2. The molecule has 0 aromatic rings.